The van der Waals surface area contributed by atoms with Crippen LogP contribution in [0.3, 0.4) is 0 Å². The van der Waals surface area contributed by atoms with Crippen molar-refractivity contribution >= 4 is 23.2 Å². The first kappa shape index (κ1) is 16.1. The van der Waals surface area contributed by atoms with Gasteiger partial charge in [-0.1, -0.05) is 17.7 Å². The lowest BCUT2D eigenvalue weighted by Crippen LogP contribution is -2.47. The number of hydrogen-bond donors (Lipinski definition) is 2. The van der Waals surface area contributed by atoms with Gasteiger partial charge >= 0.3 is 0 Å². The lowest BCUT2D eigenvalue weighted by atomic mass is 10.0. The van der Waals surface area contributed by atoms with Crippen molar-refractivity contribution in [3.8, 4) is 0 Å². The van der Waals surface area contributed by atoms with Crippen LogP contribution in [0.4, 0.5) is 11.4 Å². The minimum atomic E-state index is -0.110. The molecule has 1 aliphatic heterocycles. The molecule has 0 radical (unpaired) electrons. The van der Waals surface area contributed by atoms with Crippen LogP contribution in [0.5, 0.6) is 0 Å². The Labute approximate surface area is 141 Å². The fraction of sp³-hybridized carbons (Fsp3) is 0.263. The number of nitrogens with zero attached hydrogens (tertiary/aromatic N) is 1. The van der Waals surface area contributed by atoms with Crippen LogP contribution in [0.1, 0.15) is 21.5 Å². The predicted molar refractivity (Wildman–Crippen MR) is 95.5 cm³/mol. The Kier molecular flexibility index (Phi) is 4.51. The van der Waals surface area contributed by atoms with Crippen LogP contribution in [0.2, 0.25) is 0 Å². The van der Waals surface area contributed by atoms with Crippen LogP contribution < -0.4 is 15.5 Å². The second-order valence-electron chi connectivity index (χ2n) is 6.09. The number of aryl methyl sites for hydroxylation is 2. The summed E-state index contributed by atoms with van der Waals surface area (Å²) in [5, 5.41) is 5.74. The standard InChI is InChI=1S/C19H21N3O2/c1-13-3-4-14(2)17(11-13)19(24)21-15-5-7-16(8-6-15)22-10-9-20-18(23)12-22/h3-8,11H,9-10,12H2,1-2H3,(H,20,23)(H,21,24). The summed E-state index contributed by atoms with van der Waals surface area (Å²) in [6, 6.07) is 13.4. The smallest absolute Gasteiger partial charge is 0.255 e. The van der Waals surface area contributed by atoms with E-state index < -0.39 is 0 Å². The predicted octanol–water partition coefficient (Wildman–Crippen LogP) is 2.49. The number of amides is 2. The zero-order valence-corrected chi connectivity index (χ0v) is 13.9. The van der Waals surface area contributed by atoms with E-state index in [4.69, 9.17) is 0 Å². The number of carbonyl (C=O) groups excluding carboxylic acids is 2. The van der Waals surface area contributed by atoms with E-state index in [0.29, 0.717) is 18.7 Å². The van der Waals surface area contributed by atoms with Crippen molar-refractivity contribution in [1.82, 2.24) is 5.32 Å². The number of hydrogen-bond acceptors (Lipinski definition) is 3. The number of benzene rings is 2. The van der Waals surface area contributed by atoms with E-state index in [-0.39, 0.29) is 11.8 Å². The maximum Gasteiger partial charge on any atom is 0.255 e. The Morgan fingerprint density at radius 2 is 1.88 bits per heavy atom. The Balaban J connectivity index is 1.71. The molecule has 0 saturated carbocycles. The van der Waals surface area contributed by atoms with Crippen LogP contribution in [-0.4, -0.2) is 31.4 Å². The van der Waals surface area contributed by atoms with Crippen LogP contribution in [0.25, 0.3) is 0 Å². The van der Waals surface area contributed by atoms with E-state index in [0.717, 1.165) is 29.0 Å². The third-order valence-electron chi connectivity index (χ3n) is 4.17. The van der Waals surface area contributed by atoms with Crippen LogP contribution >= 0.6 is 0 Å². The number of nitrogens with one attached hydrogen (secondary N) is 2. The molecular weight excluding hydrogens is 302 g/mol. The minimum Gasteiger partial charge on any atom is -0.360 e. The maximum absolute atomic E-state index is 12.4. The topological polar surface area (TPSA) is 61.4 Å². The fourth-order valence-corrected chi connectivity index (χ4v) is 2.79. The van der Waals surface area contributed by atoms with Crippen molar-refractivity contribution in [2.24, 2.45) is 0 Å². The molecule has 1 saturated heterocycles. The first-order valence-corrected chi connectivity index (χ1v) is 8.03. The van der Waals surface area contributed by atoms with Gasteiger partial charge in [0.25, 0.3) is 5.91 Å². The summed E-state index contributed by atoms with van der Waals surface area (Å²) in [6.45, 7) is 5.72. The van der Waals surface area contributed by atoms with Crippen LogP contribution in [0, 0.1) is 13.8 Å². The molecule has 1 heterocycles. The van der Waals surface area contributed by atoms with Gasteiger partial charge in [0.2, 0.25) is 5.91 Å². The third kappa shape index (κ3) is 3.56. The third-order valence-corrected chi connectivity index (χ3v) is 4.17. The van der Waals surface area contributed by atoms with Gasteiger partial charge in [0.1, 0.15) is 0 Å². The van der Waals surface area contributed by atoms with Crippen molar-refractivity contribution < 1.29 is 9.59 Å². The molecule has 5 nitrogen and oxygen atoms in total. The molecule has 1 aliphatic rings. The highest BCUT2D eigenvalue weighted by atomic mass is 16.2. The molecule has 124 valence electrons. The lowest BCUT2D eigenvalue weighted by Gasteiger charge is -2.28. The highest BCUT2D eigenvalue weighted by molar-refractivity contribution is 6.05. The summed E-state index contributed by atoms with van der Waals surface area (Å²) < 4.78 is 0. The summed E-state index contributed by atoms with van der Waals surface area (Å²) in [6.07, 6.45) is 0. The average molecular weight is 323 g/mol. The van der Waals surface area contributed by atoms with Crippen LogP contribution in [0.15, 0.2) is 42.5 Å². The Morgan fingerprint density at radius 1 is 1.12 bits per heavy atom. The van der Waals surface area contributed by atoms with E-state index in [1.807, 2.05) is 61.2 Å². The van der Waals surface area contributed by atoms with E-state index >= 15 is 0 Å². The average Bonchev–Trinajstić information content (AvgIpc) is 2.57. The van der Waals surface area contributed by atoms with Crippen molar-refractivity contribution in [2.45, 2.75) is 13.8 Å². The van der Waals surface area contributed by atoms with Gasteiger partial charge in [-0.05, 0) is 49.7 Å². The van der Waals surface area contributed by atoms with Gasteiger partial charge in [-0.25, -0.2) is 0 Å². The molecule has 2 aromatic carbocycles. The molecule has 0 aromatic heterocycles. The molecule has 24 heavy (non-hydrogen) atoms. The quantitative estimate of drug-likeness (QED) is 0.912. The molecule has 0 aliphatic carbocycles. The van der Waals surface area contributed by atoms with Crippen molar-refractivity contribution in [2.75, 3.05) is 29.9 Å². The van der Waals surface area contributed by atoms with Gasteiger partial charge in [0.15, 0.2) is 0 Å². The van der Waals surface area contributed by atoms with Gasteiger partial charge < -0.3 is 15.5 Å². The first-order valence-electron chi connectivity index (χ1n) is 8.03. The number of piperazine rings is 1. The van der Waals surface area contributed by atoms with Crippen LogP contribution in [-0.2, 0) is 4.79 Å². The molecule has 2 N–H and O–H groups in total. The van der Waals surface area contributed by atoms with E-state index in [1.165, 1.54) is 0 Å². The molecule has 3 rings (SSSR count). The zero-order valence-electron chi connectivity index (χ0n) is 13.9. The minimum absolute atomic E-state index is 0.0357. The van der Waals surface area contributed by atoms with Crippen molar-refractivity contribution in [1.29, 1.82) is 0 Å². The van der Waals surface area contributed by atoms with E-state index in [1.54, 1.807) is 0 Å². The molecule has 0 bridgehead atoms. The molecule has 0 spiro atoms. The SMILES string of the molecule is Cc1ccc(C)c(C(=O)Nc2ccc(N3CCNC(=O)C3)cc2)c1. The first-order chi connectivity index (χ1) is 11.5. The van der Waals surface area contributed by atoms with Gasteiger partial charge in [0.05, 0.1) is 6.54 Å². The summed E-state index contributed by atoms with van der Waals surface area (Å²) in [4.78, 5) is 25.9. The Bertz CT molecular complexity index is 769. The summed E-state index contributed by atoms with van der Waals surface area (Å²) in [5.74, 6) is -0.0742. The zero-order chi connectivity index (χ0) is 17.1. The van der Waals surface area contributed by atoms with Crippen molar-refractivity contribution in [3.05, 3.63) is 59.2 Å². The van der Waals surface area contributed by atoms with Gasteiger partial charge in [-0.3, -0.25) is 9.59 Å². The Morgan fingerprint density at radius 3 is 2.58 bits per heavy atom. The second kappa shape index (κ2) is 6.74. The Hall–Kier alpha value is -2.82. The lowest BCUT2D eigenvalue weighted by molar-refractivity contribution is -0.120. The van der Waals surface area contributed by atoms with E-state index in [2.05, 4.69) is 10.6 Å². The molecule has 0 unspecified atom stereocenters. The molecule has 2 amide bonds. The van der Waals surface area contributed by atoms with Gasteiger partial charge in [0, 0.05) is 30.0 Å². The second-order valence-corrected chi connectivity index (χ2v) is 6.09. The highest BCUT2D eigenvalue weighted by Crippen LogP contribution is 2.20. The number of carbonyl (C=O) groups is 2. The number of anilines is 2. The van der Waals surface area contributed by atoms with Crippen molar-refractivity contribution in [3.63, 3.8) is 0 Å². The molecule has 0 atom stereocenters. The molecular formula is C19H21N3O2. The summed E-state index contributed by atoms with van der Waals surface area (Å²) in [7, 11) is 0. The normalized spacial score (nSPS) is 14.2. The maximum atomic E-state index is 12.4. The monoisotopic (exact) mass is 323 g/mol. The fourth-order valence-electron chi connectivity index (χ4n) is 2.79. The highest BCUT2D eigenvalue weighted by Gasteiger charge is 2.16. The summed E-state index contributed by atoms with van der Waals surface area (Å²) >= 11 is 0. The molecule has 1 fully saturated rings. The number of rotatable bonds is 3. The summed E-state index contributed by atoms with van der Waals surface area (Å²) in [5.41, 5.74) is 4.42. The molecule has 2 aromatic rings. The van der Waals surface area contributed by atoms with Gasteiger partial charge in [-0.15, -0.1) is 0 Å². The molecule has 5 heteroatoms. The van der Waals surface area contributed by atoms with Gasteiger partial charge in [-0.2, -0.15) is 0 Å². The van der Waals surface area contributed by atoms with E-state index in [9.17, 15) is 9.59 Å². The largest absolute Gasteiger partial charge is 0.360 e.